The van der Waals surface area contributed by atoms with Crippen LogP contribution in [0.15, 0.2) is 34.1 Å². The second-order valence-electron chi connectivity index (χ2n) is 3.09. The first-order chi connectivity index (χ1) is 9.12. The molecule has 0 saturated heterocycles. The molecule has 0 amide bonds. The molecule has 114 valence electrons. The predicted molar refractivity (Wildman–Crippen MR) is 63.8 cm³/mol. The molecule has 0 radical (unpaired) electrons. The van der Waals surface area contributed by atoms with Gasteiger partial charge < -0.3 is 4.89 Å². The molecule has 6 nitrogen and oxygen atoms in total. The molecule has 20 heavy (non-hydrogen) atoms. The van der Waals surface area contributed by atoms with Gasteiger partial charge in [-0.1, -0.05) is 12.1 Å². The number of hydrogen-bond donors (Lipinski definition) is 1. The van der Waals surface area contributed by atoms with Crippen molar-refractivity contribution < 1.29 is 39.8 Å². The number of hydrogen-bond acceptors (Lipinski definition) is 6. The topological polar surface area (TPSA) is 89.9 Å². The molecule has 1 atom stereocenters. The van der Waals surface area contributed by atoms with Gasteiger partial charge in [0.25, 0.3) is 10.1 Å². The van der Waals surface area contributed by atoms with Gasteiger partial charge in [0.1, 0.15) is 4.90 Å². The van der Waals surface area contributed by atoms with Crippen molar-refractivity contribution in [2.75, 3.05) is 6.79 Å². The first-order valence-corrected chi connectivity index (χ1v) is 8.20. The molecule has 0 aliphatic heterocycles. The lowest BCUT2D eigenvalue weighted by Gasteiger charge is -2.11. The molecule has 0 bridgehead atoms. The Morgan fingerprint density at radius 1 is 1.30 bits per heavy atom. The van der Waals surface area contributed by atoms with Crippen LogP contribution in [0.5, 0.6) is 0 Å². The standard InChI is InChI=1S/C8H8F3O6PS2/c9-8(10,11)19-6-3-1-2-4-7(6)20(14,15)17-5-16-18(12)13/h1-4,18H,5H2,(H,12,13). The van der Waals surface area contributed by atoms with Crippen LogP contribution in [-0.4, -0.2) is 25.6 Å². The van der Waals surface area contributed by atoms with E-state index in [0.29, 0.717) is 0 Å². The summed E-state index contributed by atoms with van der Waals surface area (Å²) in [5.41, 5.74) is -4.67. The summed E-state index contributed by atoms with van der Waals surface area (Å²) in [6.45, 7) is -1.07. The molecule has 0 fully saturated rings. The average Bonchev–Trinajstić information content (AvgIpc) is 2.26. The van der Waals surface area contributed by atoms with Crippen molar-refractivity contribution in [1.29, 1.82) is 0 Å². The minimum Gasteiger partial charge on any atom is -0.326 e. The monoisotopic (exact) mass is 352 g/mol. The molecule has 12 heteroatoms. The zero-order chi connectivity index (χ0) is 15.4. The highest BCUT2D eigenvalue weighted by atomic mass is 32.2. The summed E-state index contributed by atoms with van der Waals surface area (Å²) >= 11 is -0.611. The van der Waals surface area contributed by atoms with E-state index >= 15 is 0 Å². The molecule has 0 spiro atoms. The molecule has 1 rings (SSSR count). The van der Waals surface area contributed by atoms with Gasteiger partial charge in [-0.05, 0) is 23.9 Å². The van der Waals surface area contributed by atoms with Crippen LogP contribution < -0.4 is 0 Å². The van der Waals surface area contributed by atoms with Crippen LogP contribution in [0.2, 0.25) is 0 Å². The number of thioether (sulfide) groups is 1. The van der Waals surface area contributed by atoms with Gasteiger partial charge in [0, 0.05) is 4.90 Å². The zero-order valence-corrected chi connectivity index (χ0v) is 12.1. The summed E-state index contributed by atoms with van der Waals surface area (Å²) in [5, 5.41) is 0. The quantitative estimate of drug-likeness (QED) is 0.364. The van der Waals surface area contributed by atoms with Crippen LogP contribution in [0.25, 0.3) is 0 Å². The van der Waals surface area contributed by atoms with Gasteiger partial charge in [0.2, 0.25) is 0 Å². The molecule has 1 unspecified atom stereocenters. The third-order valence-corrected chi connectivity index (χ3v) is 4.33. The first kappa shape index (κ1) is 17.5. The number of alkyl halides is 3. The van der Waals surface area contributed by atoms with E-state index in [2.05, 4.69) is 8.71 Å². The molecule has 1 aromatic carbocycles. The molecule has 0 saturated carbocycles. The van der Waals surface area contributed by atoms with E-state index in [1.54, 1.807) is 0 Å². The summed E-state index contributed by atoms with van der Waals surface area (Å²) in [7, 11) is -7.94. The fourth-order valence-electron chi connectivity index (χ4n) is 1.07. The van der Waals surface area contributed by atoms with Gasteiger partial charge in [0.05, 0.1) is 0 Å². The minimum atomic E-state index is -4.67. The lowest BCUT2D eigenvalue weighted by molar-refractivity contribution is -0.0329. The van der Waals surface area contributed by atoms with Gasteiger partial charge in [-0.15, -0.1) is 0 Å². The second-order valence-corrected chi connectivity index (χ2v) is 6.61. The van der Waals surface area contributed by atoms with Crippen LogP contribution in [0.1, 0.15) is 0 Å². The van der Waals surface area contributed by atoms with Crippen molar-refractivity contribution in [3.05, 3.63) is 24.3 Å². The van der Waals surface area contributed by atoms with Crippen LogP contribution in [-0.2, 0) is 23.4 Å². The van der Waals surface area contributed by atoms with E-state index in [0.717, 1.165) is 12.1 Å². The van der Waals surface area contributed by atoms with Crippen molar-refractivity contribution in [3.63, 3.8) is 0 Å². The first-order valence-electron chi connectivity index (χ1n) is 4.72. The maximum Gasteiger partial charge on any atom is 0.446 e. The maximum absolute atomic E-state index is 12.3. The Hall–Kier alpha value is -0.580. The maximum atomic E-state index is 12.3. The largest absolute Gasteiger partial charge is 0.446 e. The Labute approximate surface area is 117 Å². The highest BCUT2D eigenvalue weighted by Gasteiger charge is 2.32. The second kappa shape index (κ2) is 6.92. The van der Waals surface area contributed by atoms with Gasteiger partial charge in [-0.3, -0.25) is 9.09 Å². The molecule has 0 aliphatic carbocycles. The molecular formula is C8H8F3O6PS2. The van der Waals surface area contributed by atoms with Crippen molar-refractivity contribution in [1.82, 2.24) is 0 Å². The molecule has 1 aromatic rings. The van der Waals surface area contributed by atoms with Crippen molar-refractivity contribution in [3.8, 4) is 0 Å². The molecule has 0 aromatic heterocycles. The van der Waals surface area contributed by atoms with Crippen LogP contribution in [0.3, 0.4) is 0 Å². The van der Waals surface area contributed by atoms with E-state index in [9.17, 15) is 26.2 Å². The molecular weight excluding hydrogens is 344 g/mol. The zero-order valence-electron chi connectivity index (χ0n) is 9.46. The van der Waals surface area contributed by atoms with Gasteiger partial charge in [-0.25, -0.2) is 4.18 Å². The number of benzene rings is 1. The Morgan fingerprint density at radius 3 is 2.45 bits per heavy atom. The SMILES string of the molecule is O=[PH](O)OCOS(=O)(=O)c1ccccc1SC(F)(F)F. The van der Waals surface area contributed by atoms with E-state index in [4.69, 9.17) is 4.89 Å². The normalized spacial score (nSPS) is 14.2. The molecule has 0 heterocycles. The summed E-state index contributed by atoms with van der Waals surface area (Å²) in [6.07, 6.45) is 0. The predicted octanol–water partition coefficient (Wildman–Crippen LogP) is 2.36. The van der Waals surface area contributed by atoms with Crippen LogP contribution >= 0.6 is 20.0 Å². The van der Waals surface area contributed by atoms with Crippen molar-refractivity contribution in [2.45, 2.75) is 15.3 Å². The van der Waals surface area contributed by atoms with Crippen LogP contribution in [0.4, 0.5) is 13.2 Å². The summed E-state index contributed by atoms with van der Waals surface area (Å²) in [5.74, 6) is 0. The molecule has 0 aliphatic rings. The Morgan fingerprint density at radius 2 is 1.90 bits per heavy atom. The van der Waals surface area contributed by atoms with Crippen molar-refractivity contribution in [2.24, 2.45) is 0 Å². The Balaban J connectivity index is 2.97. The fraction of sp³-hybridized carbons (Fsp3) is 0.250. The summed E-state index contributed by atoms with van der Waals surface area (Å²) in [4.78, 5) is 7.05. The summed E-state index contributed by atoms with van der Waals surface area (Å²) in [6, 6.07) is 4.33. The van der Waals surface area contributed by atoms with E-state index < -0.39 is 52.2 Å². The van der Waals surface area contributed by atoms with Crippen molar-refractivity contribution >= 4 is 30.1 Å². The van der Waals surface area contributed by atoms with E-state index in [1.165, 1.54) is 12.1 Å². The minimum absolute atomic E-state index is 0.573. The number of halogens is 3. The van der Waals surface area contributed by atoms with E-state index in [1.807, 2.05) is 0 Å². The lowest BCUT2D eigenvalue weighted by atomic mass is 10.4. The number of rotatable bonds is 6. The highest BCUT2D eigenvalue weighted by molar-refractivity contribution is 8.00. The van der Waals surface area contributed by atoms with E-state index in [-0.39, 0.29) is 0 Å². The average molecular weight is 352 g/mol. The summed E-state index contributed by atoms with van der Waals surface area (Å²) < 4.78 is 78.7. The molecule has 1 N–H and O–H groups in total. The lowest BCUT2D eigenvalue weighted by Crippen LogP contribution is -2.10. The Kier molecular flexibility index (Phi) is 6.05. The third kappa shape index (κ3) is 5.81. The highest BCUT2D eigenvalue weighted by Crippen LogP contribution is 2.40. The van der Waals surface area contributed by atoms with Gasteiger partial charge >= 0.3 is 13.8 Å². The van der Waals surface area contributed by atoms with Gasteiger partial charge in [-0.2, -0.15) is 21.6 Å². The fourth-order valence-corrected chi connectivity index (χ4v) is 3.17. The van der Waals surface area contributed by atoms with Crippen LogP contribution in [0, 0.1) is 0 Å². The Bertz CT molecular complexity index is 588. The smallest absolute Gasteiger partial charge is 0.326 e. The van der Waals surface area contributed by atoms with Gasteiger partial charge in [0.15, 0.2) is 6.79 Å². The third-order valence-electron chi connectivity index (χ3n) is 1.73.